The molecule has 5 heterocycles. The van der Waals surface area contributed by atoms with Crippen molar-refractivity contribution in [1.82, 2.24) is 35.1 Å². The number of H-pyrrole nitrogens is 2. The number of rotatable bonds is 8. The van der Waals surface area contributed by atoms with Gasteiger partial charge in [0.25, 0.3) is 0 Å². The lowest BCUT2D eigenvalue weighted by Gasteiger charge is -2.11. The highest BCUT2D eigenvalue weighted by Gasteiger charge is 2.23. The van der Waals surface area contributed by atoms with Gasteiger partial charge in [0.1, 0.15) is 21.2 Å². The van der Waals surface area contributed by atoms with E-state index in [1.807, 2.05) is 18.2 Å². The minimum atomic E-state index is -3.21. The van der Waals surface area contributed by atoms with Crippen LogP contribution < -0.4 is 5.32 Å². The molecule has 5 aromatic heterocycles. The number of fused-ring (bicyclic) bond motifs is 2. The first-order valence-electron chi connectivity index (χ1n) is 14.6. The van der Waals surface area contributed by atoms with Gasteiger partial charge >= 0.3 is 0 Å². The molecule has 1 aliphatic carbocycles. The first-order valence-corrected chi connectivity index (χ1v) is 16.7. The standard InChI is InChI=1S/C32H29FN8O3S/c1-45(43,44)9-8-18-10-20(12-22(33)11-18)24-16-35-17-27-28(24)39-31(38-27)30-29-26(40-41-30)7-6-25(37-29)21-13-23(15-34-14-21)36-32(42)19-4-2-3-5-19/h6-7,10-17,19H,2-5,8-9H2,1H3,(H,36,42)(H,38,39)(H,40,41). The minimum Gasteiger partial charge on any atom is -0.335 e. The smallest absolute Gasteiger partial charge is 0.227 e. The first kappa shape index (κ1) is 28.7. The molecule has 0 bridgehead atoms. The van der Waals surface area contributed by atoms with Crippen molar-refractivity contribution in [3.63, 3.8) is 0 Å². The SMILES string of the molecule is CS(=O)(=O)CCc1cc(F)cc(-c2cncc3[nH]c(-c4n[nH]c5ccc(-c6cncc(NC(=O)C7CCCC7)c6)nc45)nc23)c1. The molecule has 0 aliphatic heterocycles. The van der Waals surface area contributed by atoms with E-state index in [-0.39, 0.29) is 24.0 Å². The summed E-state index contributed by atoms with van der Waals surface area (Å²) in [5.41, 5.74) is 6.64. The molecule has 228 valence electrons. The summed E-state index contributed by atoms with van der Waals surface area (Å²) in [5.74, 6) is -0.0511. The van der Waals surface area contributed by atoms with Crippen LogP contribution in [0.2, 0.25) is 0 Å². The molecule has 0 unspecified atom stereocenters. The molecule has 0 radical (unpaired) electrons. The number of halogens is 1. The van der Waals surface area contributed by atoms with Crippen LogP contribution in [0.25, 0.3) is 56.0 Å². The molecule has 1 fully saturated rings. The third-order valence-electron chi connectivity index (χ3n) is 8.08. The average Bonchev–Trinajstić information content (AvgIpc) is 3.79. The number of imidazole rings is 1. The number of nitrogens with one attached hydrogen (secondary N) is 3. The molecule has 1 amide bonds. The highest BCUT2D eigenvalue weighted by Crippen LogP contribution is 2.33. The van der Waals surface area contributed by atoms with Crippen LogP contribution in [-0.2, 0) is 21.1 Å². The number of pyridine rings is 3. The Kier molecular flexibility index (Phi) is 7.32. The monoisotopic (exact) mass is 624 g/mol. The Labute approximate surface area is 257 Å². The number of hydrogen-bond acceptors (Lipinski definition) is 8. The third kappa shape index (κ3) is 6.03. The third-order valence-corrected chi connectivity index (χ3v) is 9.03. The van der Waals surface area contributed by atoms with Crippen molar-refractivity contribution in [2.45, 2.75) is 32.1 Å². The lowest BCUT2D eigenvalue weighted by Crippen LogP contribution is -2.20. The molecule has 0 spiro atoms. The van der Waals surface area contributed by atoms with Gasteiger partial charge in [0.05, 0.1) is 46.1 Å². The Bertz CT molecular complexity index is 2190. The number of aryl methyl sites for hydroxylation is 1. The summed E-state index contributed by atoms with van der Waals surface area (Å²) >= 11 is 0. The van der Waals surface area contributed by atoms with Crippen LogP contribution in [0.15, 0.2) is 61.2 Å². The van der Waals surface area contributed by atoms with Gasteiger partial charge in [-0.05, 0) is 60.7 Å². The molecule has 1 saturated carbocycles. The number of anilines is 1. The molecular formula is C32H29FN8O3S. The van der Waals surface area contributed by atoms with E-state index in [0.717, 1.165) is 37.5 Å². The molecule has 1 aliphatic rings. The average molecular weight is 625 g/mol. The normalized spacial score (nSPS) is 14.0. The van der Waals surface area contributed by atoms with Crippen LogP contribution in [0, 0.1) is 11.7 Å². The quantitative estimate of drug-likeness (QED) is 0.201. The van der Waals surface area contributed by atoms with Crippen molar-refractivity contribution in [3.8, 4) is 33.9 Å². The zero-order chi connectivity index (χ0) is 31.1. The van der Waals surface area contributed by atoms with E-state index in [4.69, 9.17) is 9.97 Å². The van der Waals surface area contributed by atoms with Crippen LogP contribution in [-0.4, -0.2) is 61.5 Å². The fraction of sp³-hybridized carbons (Fsp3) is 0.250. The van der Waals surface area contributed by atoms with Crippen LogP contribution in [0.5, 0.6) is 0 Å². The van der Waals surface area contributed by atoms with Crippen molar-refractivity contribution in [1.29, 1.82) is 0 Å². The van der Waals surface area contributed by atoms with E-state index < -0.39 is 15.7 Å². The maximum atomic E-state index is 14.6. The lowest BCUT2D eigenvalue weighted by atomic mass is 10.0. The largest absolute Gasteiger partial charge is 0.335 e. The Balaban J connectivity index is 1.22. The number of aromatic nitrogens is 7. The Morgan fingerprint density at radius 1 is 0.956 bits per heavy atom. The molecule has 45 heavy (non-hydrogen) atoms. The lowest BCUT2D eigenvalue weighted by molar-refractivity contribution is -0.119. The number of amides is 1. The fourth-order valence-corrected chi connectivity index (χ4v) is 6.42. The van der Waals surface area contributed by atoms with Gasteiger partial charge in [-0.25, -0.2) is 22.8 Å². The number of aromatic amines is 2. The molecular weight excluding hydrogens is 595 g/mol. The molecule has 1 aromatic carbocycles. The van der Waals surface area contributed by atoms with Gasteiger partial charge in [0.2, 0.25) is 5.91 Å². The van der Waals surface area contributed by atoms with Crippen molar-refractivity contribution in [2.75, 3.05) is 17.3 Å². The maximum Gasteiger partial charge on any atom is 0.227 e. The van der Waals surface area contributed by atoms with E-state index in [2.05, 4.69) is 30.5 Å². The second kappa shape index (κ2) is 11.5. The van der Waals surface area contributed by atoms with Crippen LogP contribution in [0.1, 0.15) is 31.2 Å². The van der Waals surface area contributed by atoms with Gasteiger partial charge in [-0.2, -0.15) is 5.10 Å². The topological polar surface area (TPSA) is 159 Å². The van der Waals surface area contributed by atoms with Crippen LogP contribution in [0.3, 0.4) is 0 Å². The van der Waals surface area contributed by atoms with Crippen molar-refractivity contribution in [3.05, 3.63) is 72.6 Å². The number of hydrogen-bond donors (Lipinski definition) is 3. The van der Waals surface area contributed by atoms with Gasteiger partial charge in [-0.3, -0.25) is 19.9 Å². The van der Waals surface area contributed by atoms with Gasteiger partial charge in [-0.15, -0.1) is 0 Å². The number of nitrogens with zero attached hydrogens (tertiary/aromatic N) is 5. The predicted molar refractivity (Wildman–Crippen MR) is 169 cm³/mol. The van der Waals surface area contributed by atoms with Gasteiger partial charge in [-0.1, -0.05) is 18.9 Å². The second-order valence-corrected chi connectivity index (χ2v) is 13.8. The molecule has 3 N–H and O–H groups in total. The number of carbonyl (C=O) groups excluding carboxylic acids is 1. The highest BCUT2D eigenvalue weighted by atomic mass is 32.2. The summed E-state index contributed by atoms with van der Waals surface area (Å²) in [6, 6.07) is 10.1. The number of carbonyl (C=O) groups is 1. The zero-order valence-corrected chi connectivity index (χ0v) is 25.2. The number of sulfone groups is 1. The predicted octanol–water partition coefficient (Wildman–Crippen LogP) is 5.48. The summed E-state index contributed by atoms with van der Waals surface area (Å²) in [4.78, 5) is 34.3. The maximum absolute atomic E-state index is 14.6. The fourth-order valence-electron chi connectivity index (χ4n) is 5.82. The summed E-state index contributed by atoms with van der Waals surface area (Å²) in [6.45, 7) is 0. The van der Waals surface area contributed by atoms with E-state index in [0.29, 0.717) is 61.7 Å². The van der Waals surface area contributed by atoms with E-state index in [1.54, 1.807) is 30.9 Å². The molecule has 0 atom stereocenters. The molecule has 0 saturated heterocycles. The van der Waals surface area contributed by atoms with Crippen LogP contribution >= 0.6 is 0 Å². The van der Waals surface area contributed by atoms with Crippen LogP contribution in [0.4, 0.5) is 10.1 Å². The van der Waals surface area contributed by atoms with Gasteiger partial charge in [0.15, 0.2) is 11.5 Å². The summed E-state index contributed by atoms with van der Waals surface area (Å²) in [5, 5.41) is 10.5. The van der Waals surface area contributed by atoms with E-state index in [9.17, 15) is 17.6 Å². The zero-order valence-electron chi connectivity index (χ0n) is 24.3. The Morgan fingerprint density at radius 3 is 2.60 bits per heavy atom. The van der Waals surface area contributed by atoms with Crippen molar-refractivity contribution < 1.29 is 17.6 Å². The molecule has 11 nitrogen and oxygen atoms in total. The number of benzene rings is 1. The summed E-state index contributed by atoms with van der Waals surface area (Å²) in [6.07, 6.45) is 11.9. The van der Waals surface area contributed by atoms with Gasteiger partial charge < -0.3 is 10.3 Å². The van der Waals surface area contributed by atoms with E-state index >= 15 is 0 Å². The first-order chi connectivity index (χ1) is 21.7. The van der Waals surface area contributed by atoms with E-state index in [1.165, 1.54) is 12.1 Å². The summed E-state index contributed by atoms with van der Waals surface area (Å²) < 4.78 is 38.0. The molecule has 13 heteroatoms. The molecule has 6 aromatic rings. The Morgan fingerprint density at radius 2 is 1.78 bits per heavy atom. The second-order valence-electron chi connectivity index (χ2n) is 11.5. The Hall–Kier alpha value is -5.04. The minimum absolute atomic E-state index is 0.0223. The van der Waals surface area contributed by atoms with Crippen molar-refractivity contribution in [2.24, 2.45) is 5.92 Å². The molecule has 7 rings (SSSR count). The van der Waals surface area contributed by atoms with Crippen molar-refractivity contribution >= 4 is 43.5 Å². The summed E-state index contributed by atoms with van der Waals surface area (Å²) in [7, 11) is -3.21. The highest BCUT2D eigenvalue weighted by molar-refractivity contribution is 7.90. The van der Waals surface area contributed by atoms with Gasteiger partial charge in [0, 0.05) is 35.7 Å².